The summed E-state index contributed by atoms with van der Waals surface area (Å²) in [5, 5.41) is 4.35. The fourth-order valence-electron chi connectivity index (χ4n) is 2.60. The molecule has 0 bridgehead atoms. The summed E-state index contributed by atoms with van der Waals surface area (Å²) >= 11 is 2.51. The molecule has 1 atom stereocenters. The van der Waals surface area contributed by atoms with Gasteiger partial charge in [-0.2, -0.15) is 0 Å². The Morgan fingerprint density at radius 3 is 2.72 bits per heavy atom. The van der Waals surface area contributed by atoms with E-state index in [0.717, 1.165) is 22.2 Å². The minimum Gasteiger partial charge on any atom is -0.341 e. The Kier molecular flexibility index (Phi) is 6.50. The molecule has 0 spiro atoms. The van der Waals surface area contributed by atoms with Crippen molar-refractivity contribution >= 4 is 45.3 Å². The average molecular weight is 429 g/mol. The van der Waals surface area contributed by atoms with Crippen LogP contribution in [0.5, 0.6) is 0 Å². The van der Waals surface area contributed by atoms with Gasteiger partial charge >= 0.3 is 6.03 Å². The largest absolute Gasteiger partial charge is 0.341 e. The van der Waals surface area contributed by atoms with E-state index in [4.69, 9.17) is 0 Å². The standard InChI is InChI=1S/C20H20N4O3S2/c1-4-10-24-18(26)16-14(11-15(29-16)13-8-6-5-7-9-13)22-20(24)28-12(2)17(25)23-19(27)21-3/h4-9,11-12H,1,10H2,2-3H3,(H2,21,23,25,27). The number of hydrogen-bond acceptors (Lipinski definition) is 6. The molecule has 2 N–H and O–H groups in total. The van der Waals surface area contributed by atoms with Crippen LogP contribution in [0.1, 0.15) is 6.92 Å². The van der Waals surface area contributed by atoms with E-state index in [1.807, 2.05) is 36.4 Å². The van der Waals surface area contributed by atoms with Crippen LogP contribution >= 0.6 is 23.1 Å². The van der Waals surface area contributed by atoms with E-state index in [2.05, 4.69) is 22.2 Å². The second kappa shape index (κ2) is 9.06. The smallest absolute Gasteiger partial charge is 0.321 e. The monoisotopic (exact) mass is 428 g/mol. The van der Waals surface area contributed by atoms with E-state index >= 15 is 0 Å². The van der Waals surface area contributed by atoms with E-state index in [1.165, 1.54) is 23.0 Å². The first kappa shape index (κ1) is 20.8. The molecule has 9 heteroatoms. The predicted octanol–water partition coefficient (Wildman–Crippen LogP) is 3.25. The first-order chi connectivity index (χ1) is 13.9. The van der Waals surface area contributed by atoms with E-state index in [1.54, 1.807) is 13.0 Å². The number of nitrogens with zero attached hydrogens (tertiary/aromatic N) is 2. The molecule has 2 heterocycles. The minimum absolute atomic E-state index is 0.177. The molecule has 1 aromatic carbocycles. The van der Waals surface area contributed by atoms with Crippen molar-refractivity contribution in [3.05, 3.63) is 59.4 Å². The topological polar surface area (TPSA) is 93.1 Å². The van der Waals surface area contributed by atoms with Crippen LogP contribution < -0.4 is 16.2 Å². The van der Waals surface area contributed by atoms with E-state index in [-0.39, 0.29) is 12.1 Å². The van der Waals surface area contributed by atoms with Crippen molar-refractivity contribution in [1.29, 1.82) is 0 Å². The van der Waals surface area contributed by atoms with Crippen molar-refractivity contribution in [1.82, 2.24) is 20.2 Å². The maximum atomic E-state index is 13.1. The molecule has 0 fully saturated rings. The number of thioether (sulfide) groups is 1. The van der Waals surface area contributed by atoms with Crippen LogP contribution in [0.4, 0.5) is 4.79 Å². The van der Waals surface area contributed by atoms with E-state index < -0.39 is 17.2 Å². The highest BCUT2D eigenvalue weighted by molar-refractivity contribution is 8.00. The molecule has 2 aromatic heterocycles. The van der Waals surface area contributed by atoms with Gasteiger partial charge in [-0.25, -0.2) is 9.78 Å². The molecule has 7 nitrogen and oxygen atoms in total. The summed E-state index contributed by atoms with van der Waals surface area (Å²) in [6, 6.07) is 11.1. The van der Waals surface area contributed by atoms with Gasteiger partial charge in [-0.3, -0.25) is 19.5 Å². The van der Waals surface area contributed by atoms with E-state index in [9.17, 15) is 14.4 Å². The van der Waals surface area contributed by atoms with Crippen LogP contribution in [-0.4, -0.2) is 33.8 Å². The summed E-state index contributed by atoms with van der Waals surface area (Å²) in [7, 11) is 1.43. The Morgan fingerprint density at radius 2 is 2.07 bits per heavy atom. The zero-order chi connectivity index (χ0) is 21.0. The summed E-state index contributed by atoms with van der Waals surface area (Å²) in [5.41, 5.74) is 1.42. The number of urea groups is 1. The summed E-state index contributed by atoms with van der Waals surface area (Å²) in [6.45, 7) is 5.63. The first-order valence-electron chi connectivity index (χ1n) is 8.84. The molecule has 0 saturated heterocycles. The highest BCUT2D eigenvalue weighted by Crippen LogP contribution is 2.32. The molecule has 3 amide bonds. The molecule has 3 rings (SSSR count). The Hall–Kier alpha value is -2.91. The molecule has 150 valence electrons. The average Bonchev–Trinajstić information content (AvgIpc) is 3.15. The second-order valence-electron chi connectivity index (χ2n) is 6.12. The highest BCUT2D eigenvalue weighted by atomic mass is 32.2. The lowest BCUT2D eigenvalue weighted by molar-refractivity contribution is -0.119. The number of imide groups is 1. The predicted molar refractivity (Wildman–Crippen MR) is 117 cm³/mol. The lowest BCUT2D eigenvalue weighted by Gasteiger charge is -2.14. The van der Waals surface area contributed by atoms with Gasteiger partial charge in [0, 0.05) is 18.5 Å². The number of carbonyl (C=O) groups excluding carboxylic acids is 2. The van der Waals surface area contributed by atoms with Crippen molar-refractivity contribution in [2.45, 2.75) is 23.9 Å². The van der Waals surface area contributed by atoms with Gasteiger partial charge in [0.1, 0.15) is 4.70 Å². The van der Waals surface area contributed by atoms with Gasteiger partial charge < -0.3 is 5.32 Å². The lowest BCUT2D eigenvalue weighted by atomic mass is 10.2. The summed E-state index contributed by atoms with van der Waals surface area (Å²) < 4.78 is 2.05. The molecule has 0 aliphatic rings. The van der Waals surface area contributed by atoms with Crippen molar-refractivity contribution in [3.63, 3.8) is 0 Å². The third-order valence-corrected chi connectivity index (χ3v) is 6.34. The SMILES string of the molecule is C=CCn1c(SC(C)C(=O)NC(=O)NC)nc2cc(-c3ccccc3)sc2c1=O. The number of allylic oxidation sites excluding steroid dienone is 1. The van der Waals surface area contributed by atoms with Crippen LogP contribution in [0.15, 0.2) is 59.0 Å². The van der Waals surface area contributed by atoms with Crippen molar-refractivity contribution in [2.75, 3.05) is 7.05 Å². The van der Waals surface area contributed by atoms with Crippen molar-refractivity contribution in [3.8, 4) is 10.4 Å². The van der Waals surface area contributed by atoms with Crippen LogP contribution in [0.25, 0.3) is 20.7 Å². The van der Waals surface area contributed by atoms with Crippen molar-refractivity contribution < 1.29 is 9.59 Å². The molecule has 3 aromatic rings. The van der Waals surface area contributed by atoms with Crippen LogP contribution in [0.2, 0.25) is 0 Å². The number of carbonyl (C=O) groups is 2. The number of amides is 3. The molecular formula is C20H20N4O3S2. The van der Waals surface area contributed by atoms with Crippen molar-refractivity contribution in [2.24, 2.45) is 0 Å². The minimum atomic E-state index is -0.625. The number of benzene rings is 1. The zero-order valence-electron chi connectivity index (χ0n) is 16.0. The number of hydrogen-bond donors (Lipinski definition) is 2. The molecule has 0 saturated carbocycles. The number of nitrogens with one attached hydrogen (secondary N) is 2. The number of thiophene rings is 1. The van der Waals surface area contributed by atoms with E-state index in [0.29, 0.717) is 15.4 Å². The molecular weight excluding hydrogens is 408 g/mol. The highest BCUT2D eigenvalue weighted by Gasteiger charge is 2.21. The van der Waals surface area contributed by atoms with Gasteiger partial charge in [-0.15, -0.1) is 17.9 Å². The Labute approximate surface area is 175 Å². The summed E-state index contributed by atoms with van der Waals surface area (Å²) in [5.74, 6) is -0.468. The first-order valence-corrected chi connectivity index (χ1v) is 10.5. The van der Waals surface area contributed by atoms with Gasteiger partial charge in [-0.05, 0) is 18.6 Å². The lowest BCUT2D eigenvalue weighted by Crippen LogP contribution is -2.41. The van der Waals surface area contributed by atoms with Crippen LogP contribution in [0.3, 0.4) is 0 Å². The molecule has 1 unspecified atom stereocenters. The maximum Gasteiger partial charge on any atom is 0.321 e. The third kappa shape index (κ3) is 4.57. The molecule has 0 aliphatic carbocycles. The fourth-order valence-corrected chi connectivity index (χ4v) is 4.57. The normalized spacial score (nSPS) is 11.8. The Balaban J connectivity index is 2.01. The van der Waals surface area contributed by atoms with Gasteiger partial charge in [0.25, 0.3) is 5.56 Å². The summed E-state index contributed by atoms with van der Waals surface area (Å²) in [6.07, 6.45) is 1.61. The van der Waals surface area contributed by atoms with Gasteiger partial charge in [0.15, 0.2) is 5.16 Å². The van der Waals surface area contributed by atoms with Crippen LogP contribution in [0, 0.1) is 0 Å². The number of aromatic nitrogens is 2. The summed E-state index contributed by atoms with van der Waals surface area (Å²) in [4.78, 5) is 42.2. The Bertz CT molecular complexity index is 1120. The van der Waals surface area contributed by atoms with Crippen LogP contribution in [-0.2, 0) is 11.3 Å². The molecule has 0 radical (unpaired) electrons. The zero-order valence-corrected chi connectivity index (χ0v) is 17.6. The number of fused-ring (bicyclic) bond motifs is 1. The van der Waals surface area contributed by atoms with Gasteiger partial charge in [0.05, 0.1) is 10.8 Å². The van der Waals surface area contributed by atoms with Gasteiger partial charge in [-0.1, -0.05) is 48.2 Å². The quantitative estimate of drug-likeness (QED) is 0.357. The second-order valence-corrected chi connectivity index (χ2v) is 8.48. The third-order valence-electron chi connectivity index (χ3n) is 4.08. The Morgan fingerprint density at radius 1 is 1.34 bits per heavy atom. The molecule has 0 aliphatic heterocycles. The maximum absolute atomic E-state index is 13.1. The fraction of sp³-hybridized carbons (Fsp3) is 0.200. The molecule has 29 heavy (non-hydrogen) atoms. The van der Waals surface area contributed by atoms with Gasteiger partial charge in [0.2, 0.25) is 5.91 Å². The number of rotatable bonds is 6.